The van der Waals surface area contributed by atoms with Crippen LogP contribution in [0.3, 0.4) is 0 Å². The van der Waals surface area contributed by atoms with E-state index in [-0.39, 0.29) is 6.04 Å². The first-order chi connectivity index (χ1) is 9.81. The Labute approximate surface area is 119 Å². The van der Waals surface area contributed by atoms with Gasteiger partial charge in [-0.15, -0.1) is 0 Å². The maximum Gasteiger partial charge on any atom is 0.127 e. The first-order valence-corrected chi connectivity index (χ1v) is 7.07. The van der Waals surface area contributed by atoms with Crippen LogP contribution in [0.15, 0.2) is 42.5 Å². The van der Waals surface area contributed by atoms with E-state index in [4.69, 9.17) is 10.6 Å². The van der Waals surface area contributed by atoms with Crippen LogP contribution in [0.2, 0.25) is 0 Å². The zero-order chi connectivity index (χ0) is 13.9. The molecule has 1 aliphatic heterocycles. The number of nitrogens with two attached hydrogens (primary N) is 1. The molecule has 0 saturated heterocycles. The third-order valence-corrected chi connectivity index (χ3v) is 3.94. The van der Waals surface area contributed by atoms with Crippen molar-refractivity contribution in [3.63, 3.8) is 0 Å². The third kappa shape index (κ3) is 2.30. The van der Waals surface area contributed by atoms with E-state index in [1.54, 1.807) is 0 Å². The minimum absolute atomic E-state index is 0.0377. The van der Waals surface area contributed by atoms with E-state index in [0.29, 0.717) is 0 Å². The maximum atomic E-state index is 5.90. The molecule has 2 aromatic carbocycles. The molecule has 3 heteroatoms. The fourth-order valence-electron chi connectivity index (χ4n) is 2.90. The molecule has 1 unspecified atom stereocenters. The van der Waals surface area contributed by atoms with Crippen molar-refractivity contribution in [2.45, 2.75) is 25.8 Å². The predicted octanol–water partition coefficient (Wildman–Crippen LogP) is 2.87. The molecule has 104 valence electrons. The molecule has 3 rings (SSSR count). The van der Waals surface area contributed by atoms with Gasteiger partial charge in [-0.2, -0.15) is 0 Å². The van der Waals surface area contributed by atoms with Gasteiger partial charge in [-0.3, -0.25) is 5.84 Å². The Hall–Kier alpha value is -1.84. The molecule has 0 spiro atoms. The van der Waals surface area contributed by atoms with Crippen LogP contribution in [0.1, 0.15) is 34.7 Å². The molecule has 0 aliphatic carbocycles. The average Bonchev–Trinajstić information content (AvgIpc) is 2.50. The minimum atomic E-state index is -0.0377. The van der Waals surface area contributed by atoms with Crippen molar-refractivity contribution >= 4 is 0 Å². The van der Waals surface area contributed by atoms with Gasteiger partial charge in [-0.25, -0.2) is 5.43 Å². The number of hydrazine groups is 1. The molecule has 1 aliphatic rings. The van der Waals surface area contributed by atoms with Crippen molar-refractivity contribution in [1.82, 2.24) is 5.43 Å². The first kappa shape index (κ1) is 13.2. The second-order valence-electron chi connectivity index (χ2n) is 5.24. The normalized spacial score (nSPS) is 15.3. The van der Waals surface area contributed by atoms with E-state index in [9.17, 15) is 0 Å². The lowest BCUT2D eigenvalue weighted by molar-refractivity contribution is 0.283. The van der Waals surface area contributed by atoms with Crippen molar-refractivity contribution in [2.24, 2.45) is 5.84 Å². The predicted molar refractivity (Wildman–Crippen MR) is 80.6 cm³/mol. The summed E-state index contributed by atoms with van der Waals surface area (Å²) >= 11 is 0. The first-order valence-electron chi connectivity index (χ1n) is 7.07. The number of rotatable bonds is 3. The molecule has 0 fully saturated rings. The highest BCUT2D eigenvalue weighted by atomic mass is 16.5. The topological polar surface area (TPSA) is 47.3 Å². The SMILES string of the molecule is Cc1ccccc1C(NN)c1cccc2c1OCCC2. The summed E-state index contributed by atoms with van der Waals surface area (Å²) < 4.78 is 5.90. The van der Waals surface area contributed by atoms with Gasteiger partial charge in [0.25, 0.3) is 0 Å². The number of fused-ring (bicyclic) bond motifs is 1. The molecule has 0 bridgehead atoms. The van der Waals surface area contributed by atoms with Gasteiger partial charge in [0.05, 0.1) is 12.6 Å². The molecular formula is C17H20N2O. The van der Waals surface area contributed by atoms with Crippen LogP contribution in [-0.4, -0.2) is 6.61 Å². The van der Waals surface area contributed by atoms with Crippen LogP contribution in [0.25, 0.3) is 0 Å². The van der Waals surface area contributed by atoms with Gasteiger partial charge < -0.3 is 4.74 Å². The summed E-state index contributed by atoms with van der Waals surface area (Å²) in [6.07, 6.45) is 2.16. The Morgan fingerprint density at radius 3 is 2.70 bits per heavy atom. The second kappa shape index (κ2) is 5.65. The highest BCUT2D eigenvalue weighted by Crippen LogP contribution is 2.36. The van der Waals surface area contributed by atoms with Crippen molar-refractivity contribution in [1.29, 1.82) is 0 Å². The summed E-state index contributed by atoms with van der Waals surface area (Å²) in [6, 6.07) is 14.6. The van der Waals surface area contributed by atoms with E-state index < -0.39 is 0 Å². The summed E-state index contributed by atoms with van der Waals surface area (Å²) in [7, 11) is 0. The molecule has 0 amide bonds. The number of hydrogen-bond acceptors (Lipinski definition) is 3. The van der Waals surface area contributed by atoms with Crippen molar-refractivity contribution in [3.05, 3.63) is 64.7 Å². The number of nitrogens with one attached hydrogen (secondary N) is 1. The number of benzene rings is 2. The van der Waals surface area contributed by atoms with Crippen molar-refractivity contribution < 1.29 is 4.74 Å². The van der Waals surface area contributed by atoms with Crippen molar-refractivity contribution in [2.75, 3.05) is 6.61 Å². The Balaban J connectivity index is 2.09. The Morgan fingerprint density at radius 1 is 1.10 bits per heavy atom. The standard InChI is InChI=1S/C17H20N2O/c1-12-6-2-3-9-14(12)16(19-18)15-10-4-7-13-8-5-11-20-17(13)15/h2-4,6-7,9-10,16,19H,5,8,11,18H2,1H3. The zero-order valence-corrected chi connectivity index (χ0v) is 11.7. The lowest BCUT2D eigenvalue weighted by Crippen LogP contribution is -2.30. The largest absolute Gasteiger partial charge is 0.493 e. The molecule has 0 radical (unpaired) electrons. The van der Waals surface area contributed by atoms with E-state index >= 15 is 0 Å². The van der Waals surface area contributed by atoms with Gasteiger partial charge >= 0.3 is 0 Å². The Bertz CT molecular complexity index is 610. The van der Waals surface area contributed by atoms with E-state index in [1.165, 1.54) is 16.7 Å². The minimum Gasteiger partial charge on any atom is -0.493 e. The molecule has 2 aromatic rings. The highest BCUT2D eigenvalue weighted by molar-refractivity contribution is 5.48. The molecule has 0 aromatic heterocycles. The maximum absolute atomic E-state index is 5.90. The zero-order valence-electron chi connectivity index (χ0n) is 11.7. The highest BCUT2D eigenvalue weighted by Gasteiger charge is 2.22. The Kier molecular flexibility index (Phi) is 3.72. The van der Waals surface area contributed by atoms with Gasteiger partial charge in [0.1, 0.15) is 5.75 Å². The fraction of sp³-hybridized carbons (Fsp3) is 0.294. The van der Waals surface area contributed by atoms with E-state index in [0.717, 1.165) is 30.8 Å². The number of hydrogen-bond donors (Lipinski definition) is 2. The van der Waals surface area contributed by atoms with Crippen LogP contribution in [0.5, 0.6) is 5.75 Å². The van der Waals surface area contributed by atoms with Crippen LogP contribution in [0, 0.1) is 6.92 Å². The molecule has 20 heavy (non-hydrogen) atoms. The van der Waals surface area contributed by atoms with E-state index in [2.05, 4.69) is 42.7 Å². The van der Waals surface area contributed by atoms with E-state index in [1.807, 2.05) is 12.1 Å². The molecule has 1 heterocycles. The lowest BCUT2D eigenvalue weighted by atomic mass is 9.92. The second-order valence-corrected chi connectivity index (χ2v) is 5.24. The number of ether oxygens (including phenoxy) is 1. The lowest BCUT2D eigenvalue weighted by Gasteiger charge is -2.26. The molecule has 1 atom stereocenters. The van der Waals surface area contributed by atoms with Crippen LogP contribution < -0.4 is 16.0 Å². The smallest absolute Gasteiger partial charge is 0.127 e. The van der Waals surface area contributed by atoms with Gasteiger partial charge in [-0.1, -0.05) is 42.5 Å². The summed E-state index contributed by atoms with van der Waals surface area (Å²) in [6.45, 7) is 2.89. The third-order valence-electron chi connectivity index (χ3n) is 3.94. The molecule has 3 nitrogen and oxygen atoms in total. The number of aryl methyl sites for hydroxylation is 2. The molecular weight excluding hydrogens is 248 g/mol. The monoisotopic (exact) mass is 268 g/mol. The average molecular weight is 268 g/mol. The van der Waals surface area contributed by atoms with Crippen LogP contribution in [-0.2, 0) is 6.42 Å². The summed E-state index contributed by atoms with van der Waals surface area (Å²) in [5, 5.41) is 0. The van der Waals surface area contributed by atoms with Gasteiger partial charge in [0, 0.05) is 5.56 Å². The van der Waals surface area contributed by atoms with Crippen molar-refractivity contribution in [3.8, 4) is 5.75 Å². The van der Waals surface area contributed by atoms with Gasteiger partial charge in [-0.05, 0) is 36.5 Å². The molecule has 3 N–H and O–H groups in total. The van der Waals surface area contributed by atoms with Crippen LogP contribution >= 0.6 is 0 Å². The summed E-state index contributed by atoms with van der Waals surface area (Å²) in [5.74, 6) is 6.84. The quantitative estimate of drug-likeness (QED) is 0.664. The summed E-state index contributed by atoms with van der Waals surface area (Å²) in [5.41, 5.74) is 7.77. The molecule has 0 saturated carbocycles. The number of para-hydroxylation sites is 1. The Morgan fingerprint density at radius 2 is 1.90 bits per heavy atom. The summed E-state index contributed by atoms with van der Waals surface area (Å²) in [4.78, 5) is 0. The fourth-order valence-corrected chi connectivity index (χ4v) is 2.90. The van der Waals surface area contributed by atoms with Gasteiger partial charge in [0.15, 0.2) is 0 Å². The van der Waals surface area contributed by atoms with Crippen LogP contribution in [0.4, 0.5) is 0 Å². The van der Waals surface area contributed by atoms with Gasteiger partial charge in [0.2, 0.25) is 0 Å².